The molecule has 0 aromatic heterocycles. The molecule has 23 heavy (non-hydrogen) atoms. The SMILES string of the molecule is Cc1c(Cl)cccc1NC(=S)N[C@H](C[NH+](C)C)c1ccccc1. The van der Waals surface area contributed by atoms with Gasteiger partial charge in [0.15, 0.2) is 5.11 Å². The van der Waals surface area contributed by atoms with Gasteiger partial charge in [-0.3, -0.25) is 0 Å². The van der Waals surface area contributed by atoms with E-state index in [9.17, 15) is 0 Å². The lowest BCUT2D eigenvalue weighted by atomic mass is 10.1. The van der Waals surface area contributed by atoms with Gasteiger partial charge in [0, 0.05) is 10.7 Å². The molecule has 0 radical (unpaired) electrons. The highest BCUT2D eigenvalue weighted by Gasteiger charge is 2.16. The predicted molar refractivity (Wildman–Crippen MR) is 102 cm³/mol. The molecule has 2 aromatic rings. The molecule has 0 aliphatic carbocycles. The van der Waals surface area contributed by atoms with Crippen LogP contribution in [0.3, 0.4) is 0 Å². The molecular formula is C18H23ClN3S+. The third-order valence-electron chi connectivity index (χ3n) is 3.64. The number of hydrogen-bond donors (Lipinski definition) is 3. The largest absolute Gasteiger partial charge is 0.350 e. The maximum absolute atomic E-state index is 6.16. The molecule has 3 nitrogen and oxygen atoms in total. The van der Waals surface area contributed by atoms with Gasteiger partial charge >= 0.3 is 0 Å². The topological polar surface area (TPSA) is 28.5 Å². The number of rotatable bonds is 5. The molecule has 122 valence electrons. The van der Waals surface area contributed by atoms with Crippen LogP contribution in [0.25, 0.3) is 0 Å². The molecule has 0 aliphatic heterocycles. The van der Waals surface area contributed by atoms with E-state index in [-0.39, 0.29) is 6.04 Å². The fraction of sp³-hybridized carbons (Fsp3) is 0.278. The van der Waals surface area contributed by atoms with Gasteiger partial charge in [0.25, 0.3) is 0 Å². The fourth-order valence-corrected chi connectivity index (χ4v) is 2.83. The second-order valence-corrected chi connectivity index (χ2v) is 6.70. The van der Waals surface area contributed by atoms with E-state index >= 15 is 0 Å². The maximum atomic E-state index is 6.16. The monoisotopic (exact) mass is 348 g/mol. The van der Waals surface area contributed by atoms with Crippen LogP contribution < -0.4 is 15.5 Å². The van der Waals surface area contributed by atoms with Gasteiger partial charge in [-0.15, -0.1) is 0 Å². The van der Waals surface area contributed by atoms with Crippen molar-refractivity contribution in [1.29, 1.82) is 0 Å². The van der Waals surface area contributed by atoms with E-state index in [0.717, 1.165) is 22.8 Å². The first-order valence-corrected chi connectivity index (χ1v) is 8.42. The summed E-state index contributed by atoms with van der Waals surface area (Å²) in [6.45, 7) is 2.91. The van der Waals surface area contributed by atoms with Crippen molar-refractivity contribution in [2.45, 2.75) is 13.0 Å². The van der Waals surface area contributed by atoms with Crippen molar-refractivity contribution in [2.24, 2.45) is 0 Å². The van der Waals surface area contributed by atoms with Crippen LogP contribution in [0.15, 0.2) is 48.5 Å². The highest BCUT2D eigenvalue weighted by atomic mass is 35.5. The number of nitrogens with one attached hydrogen (secondary N) is 3. The van der Waals surface area contributed by atoms with E-state index in [0.29, 0.717) is 5.11 Å². The number of quaternary nitrogens is 1. The van der Waals surface area contributed by atoms with Crippen molar-refractivity contribution in [1.82, 2.24) is 5.32 Å². The summed E-state index contributed by atoms with van der Waals surface area (Å²) in [4.78, 5) is 1.35. The Bertz CT molecular complexity index is 659. The molecule has 3 N–H and O–H groups in total. The molecule has 0 amide bonds. The highest BCUT2D eigenvalue weighted by Crippen LogP contribution is 2.23. The molecule has 0 unspecified atom stereocenters. The first-order valence-electron chi connectivity index (χ1n) is 7.64. The van der Waals surface area contributed by atoms with Crippen molar-refractivity contribution >= 4 is 34.6 Å². The van der Waals surface area contributed by atoms with Gasteiger partial charge in [0.1, 0.15) is 12.6 Å². The van der Waals surface area contributed by atoms with Crippen molar-refractivity contribution < 1.29 is 4.90 Å². The van der Waals surface area contributed by atoms with Gasteiger partial charge in [-0.05, 0) is 42.4 Å². The zero-order valence-electron chi connectivity index (χ0n) is 13.7. The molecule has 0 saturated heterocycles. The van der Waals surface area contributed by atoms with Crippen LogP contribution in [-0.2, 0) is 0 Å². The number of likely N-dealkylation sites (N-methyl/N-ethyl adjacent to an activating group) is 1. The van der Waals surface area contributed by atoms with E-state index in [1.807, 2.05) is 43.3 Å². The van der Waals surface area contributed by atoms with E-state index in [2.05, 4.69) is 36.9 Å². The zero-order valence-corrected chi connectivity index (χ0v) is 15.3. The molecule has 0 fully saturated rings. The highest BCUT2D eigenvalue weighted by molar-refractivity contribution is 7.80. The molecule has 2 rings (SSSR count). The fourth-order valence-electron chi connectivity index (χ4n) is 2.41. The molecule has 5 heteroatoms. The Balaban J connectivity index is 2.10. The number of hydrogen-bond acceptors (Lipinski definition) is 1. The minimum Gasteiger partial charge on any atom is -0.350 e. The van der Waals surface area contributed by atoms with Crippen LogP contribution in [0.1, 0.15) is 17.2 Å². The van der Waals surface area contributed by atoms with Crippen molar-refractivity contribution in [2.75, 3.05) is 26.0 Å². The number of benzene rings is 2. The van der Waals surface area contributed by atoms with Gasteiger partial charge in [0.2, 0.25) is 0 Å². The number of anilines is 1. The van der Waals surface area contributed by atoms with E-state index in [4.69, 9.17) is 23.8 Å². The summed E-state index contributed by atoms with van der Waals surface area (Å²) in [7, 11) is 4.27. The Morgan fingerprint density at radius 2 is 1.83 bits per heavy atom. The van der Waals surface area contributed by atoms with Gasteiger partial charge in [-0.1, -0.05) is 48.0 Å². The van der Waals surface area contributed by atoms with Crippen LogP contribution in [0.5, 0.6) is 0 Å². The Hall–Kier alpha value is -1.62. The van der Waals surface area contributed by atoms with Crippen LogP contribution in [0.4, 0.5) is 5.69 Å². The summed E-state index contributed by atoms with van der Waals surface area (Å²) in [6.07, 6.45) is 0. The summed E-state index contributed by atoms with van der Waals surface area (Å²) in [6, 6.07) is 16.3. The van der Waals surface area contributed by atoms with Crippen LogP contribution in [0, 0.1) is 6.92 Å². The van der Waals surface area contributed by atoms with Crippen molar-refractivity contribution in [3.63, 3.8) is 0 Å². The smallest absolute Gasteiger partial charge is 0.171 e. The molecule has 0 spiro atoms. The summed E-state index contributed by atoms with van der Waals surface area (Å²) >= 11 is 11.7. The van der Waals surface area contributed by atoms with Gasteiger partial charge in [-0.2, -0.15) is 0 Å². The Morgan fingerprint density at radius 3 is 2.48 bits per heavy atom. The second kappa shape index (κ2) is 8.29. The normalized spacial score (nSPS) is 12.0. The second-order valence-electron chi connectivity index (χ2n) is 5.89. The van der Waals surface area contributed by atoms with Gasteiger partial charge in [0.05, 0.1) is 14.1 Å². The van der Waals surface area contributed by atoms with Crippen molar-refractivity contribution in [3.8, 4) is 0 Å². The minimum absolute atomic E-state index is 0.153. The predicted octanol–water partition coefficient (Wildman–Crippen LogP) is 2.82. The van der Waals surface area contributed by atoms with Crippen LogP contribution >= 0.6 is 23.8 Å². The molecule has 0 heterocycles. The van der Waals surface area contributed by atoms with E-state index < -0.39 is 0 Å². The standard InChI is InChI=1S/C18H22ClN3S/c1-13-15(19)10-7-11-16(13)20-18(23)21-17(12-22(2)3)14-8-5-4-6-9-14/h4-11,17H,12H2,1-3H3,(H2,20,21,23)/p+1/t17-/m1/s1. The number of halogens is 1. The first-order chi connectivity index (χ1) is 11.0. The molecule has 0 bridgehead atoms. The summed E-state index contributed by atoms with van der Waals surface area (Å²) in [5.41, 5.74) is 3.15. The third-order valence-corrected chi connectivity index (χ3v) is 4.26. The summed E-state index contributed by atoms with van der Waals surface area (Å²) in [5.74, 6) is 0. The molecule has 0 saturated carbocycles. The molecule has 2 aromatic carbocycles. The van der Waals surface area contributed by atoms with Crippen LogP contribution in [-0.4, -0.2) is 25.8 Å². The Labute approximate surface area is 148 Å². The molecule has 1 atom stereocenters. The van der Waals surface area contributed by atoms with Gasteiger partial charge < -0.3 is 15.5 Å². The van der Waals surface area contributed by atoms with Crippen LogP contribution in [0.2, 0.25) is 5.02 Å². The first kappa shape index (κ1) is 17.7. The lowest BCUT2D eigenvalue weighted by Crippen LogP contribution is -3.06. The van der Waals surface area contributed by atoms with Crippen molar-refractivity contribution in [3.05, 3.63) is 64.7 Å². The summed E-state index contributed by atoms with van der Waals surface area (Å²) < 4.78 is 0. The average Bonchev–Trinajstić information content (AvgIpc) is 2.51. The Kier molecular flexibility index (Phi) is 6.39. The molecule has 0 aliphatic rings. The minimum atomic E-state index is 0.153. The zero-order chi connectivity index (χ0) is 16.8. The quantitative estimate of drug-likeness (QED) is 0.726. The van der Waals surface area contributed by atoms with E-state index in [1.165, 1.54) is 10.5 Å². The number of thiocarbonyl (C=S) groups is 1. The van der Waals surface area contributed by atoms with Gasteiger partial charge in [-0.25, -0.2) is 0 Å². The van der Waals surface area contributed by atoms with E-state index in [1.54, 1.807) is 0 Å². The Morgan fingerprint density at radius 1 is 1.13 bits per heavy atom. The summed E-state index contributed by atoms with van der Waals surface area (Å²) in [5, 5.41) is 8.00. The molecular weight excluding hydrogens is 326 g/mol. The third kappa shape index (κ3) is 5.20. The lowest BCUT2D eigenvalue weighted by Gasteiger charge is -2.23. The maximum Gasteiger partial charge on any atom is 0.171 e. The average molecular weight is 349 g/mol. The lowest BCUT2D eigenvalue weighted by molar-refractivity contribution is -0.860.